The van der Waals surface area contributed by atoms with Gasteiger partial charge in [-0.15, -0.1) is 11.8 Å². The number of hydrogen-bond donors (Lipinski definition) is 1. The van der Waals surface area contributed by atoms with Crippen molar-refractivity contribution in [1.29, 1.82) is 0 Å². The predicted molar refractivity (Wildman–Crippen MR) is 85.5 cm³/mol. The molecule has 0 saturated heterocycles. The number of thioether (sulfide) groups is 1. The Labute approximate surface area is 130 Å². The molecule has 21 heavy (non-hydrogen) atoms. The second-order valence-electron chi connectivity index (χ2n) is 5.66. The van der Waals surface area contributed by atoms with Crippen molar-refractivity contribution in [3.8, 4) is 5.75 Å². The van der Waals surface area contributed by atoms with E-state index in [2.05, 4.69) is 4.99 Å². The van der Waals surface area contributed by atoms with Crippen molar-refractivity contribution >= 4 is 23.8 Å². The van der Waals surface area contributed by atoms with E-state index in [1.807, 2.05) is 31.3 Å². The molecule has 1 aliphatic carbocycles. The quantitative estimate of drug-likeness (QED) is 0.867. The molecule has 0 amide bonds. The fourth-order valence-electron chi connectivity index (χ4n) is 3.01. The Morgan fingerprint density at radius 2 is 2.14 bits per heavy atom. The zero-order chi connectivity index (χ0) is 14.7. The minimum Gasteiger partial charge on any atom is -0.494 e. The SMILES string of the molecule is CCOc1ccc2c(c1)C(=O)[C@H](C=[NH+]C1CCCCC1)S2. The zero-order valence-corrected chi connectivity index (χ0v) is 13.2. The summed E-state index contributed by atoms with van der Waals surface area (Å²) in [6.45, 7) is 2.58. The highest BCUT2D eigenvalue weighted by atomic mass is 32.2. The Balaban J connectivity index is 1.69. The number of ether oxygens (including phenoxy) is 1. The minimum atomic E-state index is -0.0983. The number of rotatable bonds is 4. The molecule has 3 rings (SSSR count). The summed E-state index contributed by atoms with van der Waals surface area (Å²) in [5, 5.41) is -0.0983. The van der Waals surface area contributed by atoms with E-state index >= 15 is 0 Å². The first-order valence-electron chi connectivity index (χ1n) is 7.85. The van der Waals surface area contributed by atoms with Gasteiger partial charge in [0.15, 0.2) is 12.0 Å². The molecule has 0 radical (unpaired) electrons. The molecule has 3 nitrogen and oxygen atoms in total. The predicted octanol–water partition coefficient (Wildman–Crippen LogP) is 2.23. The van der Waals surface area contributed by atoms with Crippen LogP contribution in [0.25, 0.3) is 0 Å². The molecule has 1 atom stereocenters. The lowest BCUT2D eigenvalue weighted by Crippen LogP contribution is -2.78. The number of Topliss-reactive ketones (excluding diaryl/α,β-unsaturated/α-hetero) is 1. The molecular weight excluding hydrogens is 282 g/mol. The normalized spacial score (nSPS) is 22.7. The molecule has 1 aromatic rings. The van der Waals surface area contributed by atoms with Gasteiger partial charge in [-0.05, 0) is 38.0 Å². The molecule has 0 aromatic heterocycles. The lowest BCUT2D eigenvalue weighted by Gasteiger charge is -2.13. The first-order valence-corrected chi connectivity index (χ1v) is 8.73. The van der Waals surface area contributed by atoms with E-state index in [1.54, 1.807) is 11.8 Å². The number of hydrogen-bond acceptors (Lipinski definition) is 3. The number of nitrogens with one attached hydrogen (secondary N) is 1. The van der Waals surface area contributed by atoms with Crippen LogP contribution in [-0.4, -0.2) is 29.9 Å². The number of fused-ring (bicyclic) bond motifs is 1. The Kier molecular flexibility index (Phi) is 4.63. The summed E-state index contributed by atoms with van der Waals surface area (Å²) in [6, 6.07) is 6.37. The first-order chi connectivity index (χ1) is 10.3. The van der Waals surface area contributed by atoms with E-state index in [4.69, 9.17) is 4.74 Å². The summed E-state index contributed by atoms with van der Waals surface area (Å²) in [6.07, 6.45) is 8.40. The highest BCUT2D eigenvalue weighted by Crippen LogP contribution is 2.37. The van der Waals surface area contributed by atoms with Gasteiger partial charge in [0, 0.05) is 23.3 Å². The van der Waals surface area contributed by atoms with Crippen LogP contribution >= 0.6 is 11.8 Å². The van der Waals surface area contributed by atoms with Gasteiger partial charge in [0.1, 0.15) is 17.0 Å². The molecule has 1 N–H and O–H groups in total. The monoisotopic (exact) mass is 304 g/mol. The highest BCUT2D eigenvalue weighted by Gasteiger charge is 2.33. The van der Waals surface area contributed by atoms with E-state index < -0.39 is 0 Å². The van der Waals surface area contributed by atoms with Crippen molar-refractivity contribution in [3.05, 3.63) is 23.8 Å². The molecule has 1 saturated carbocycles. The van der Waals surface area contributed by atoms with E-state index in [9.17, 15) is 4.79 Å². The number of ketones is 1. The maximum absolute atomic E-state index is 12.5. The summed E-state index contributed by atoms with van der Waals surface area (Å²) in [4.78, 5) is 17.0. The Bertz CT molecular complexity index is 550. The maximum Gasteiger partial charge on any atom is 0.187 e. The van der Waals surface area contributed by atoms with Crippen LogP contribution in [0.15, 0.2) is 23.1 Å². The summed E-state index contributed by atoms with van der Waals surface area (Å²) in [5.74, 6) is 0.978. The number of carbonyl (C=O) groups excluding carboxylic acids is 1. The molecule has 1 heterocycles. The van der Waals surface area contributed by atoms with Gasteiger partial charge in [0.25, 0.3) is 0 Å². The third kappa shape index (κ3) is 3.31. The molecule has 0 spiro atoms. The topological polar surface area (TPSA) is 40.3 Å². The van der Waals surface area contributed by atoms with Gasteiger partial charge in [-0.1, -0.05) is 6.42 Å². The van der Waals surface area contributed by atoms with E-state index in [0.29, 0.717) is 12.6 Å². The van der Waals surface area contributed by atoms with Crippen LogP contribution in [0.2, 0.25) is 0 Å². The van der Waals surface area contributed by atoms with Gasteiger partial charge < -0.3 is 4.74 Å². The van der Waals surface area contributed by atoms with E-state index in [1.165, 1.54) is 32.1 Å². The van der Waals surface area contributed by atoms with Crippen molar-refractivity contribution in [2.45, 2.75) is 55.2 Å². The van der Waals surface area contributed by atoms with Crippen LogP contribution in [-0.2, 0) is 0 Å². The molecular formula is C17H22NO2S+. The second kappa shape index (κ2) is 6.65. The lowest BCUT2D eigenvalue weighted by molar-refractivity contribution is -0.503. The lowest BCUT2D eigenvalue weighted by atomic mass is 9.96. The van der Waals surface area contributed by atoms with Crippen molar-refractivity contribution in [3.63, 3.8) is 0 Å². The van der Waals surface area contributed by atoms with Crippen molar-refractivity contribution in [2.75, 3.05) is 6.61 Å². The minimum absolute atomic E-state index is 0.0983. The molecule has 112 valence electrons. The van der Waals surface area contributed by atoms with Crippen LogP contribution in [0, 0.1) is 0 Å². The van der Waals surface area contributed by atoms with Crippen molar-refractivity contribution in [1.82, 2.24) is 0 Å². The Morgan fingerprint density at radius 1 is 1.33 bits per heavy atom. The Hall–Kier alpha value is -1.29. The van der Waals surface area contributed by atoms with Crippen LogP contribution in [0.1, 0.15) is 49.4 Å². The third-order valence-electron chi connectivity index (χ3n) is 4.13. The van der Waals surface area contributed by atoms with Crippen LogP contribution in [0.5, 0.6) is 5.75 Å². The summed E-state index contributed by atoms with van der Waals surface area (Å²) in [5.41, 5.74) is 0.803. The second-order valence-corrected chi connectivity index (χ2v) is 6.85. The largest absolute Gasteiger partial charge is 0.494 e. The molecule has 2 aliphatic rings. The van der Waals surface area contributed by atoms with Crippen LogP contribution in [0.3, 0.4) is 0 Å². The fourth-order valence-corrected chi connectivity index (χ4v) is 4.09. The average Bonchev–Trinajstić information content (AvgIpc) is 2.83. The van der Waals surface area contributed by atoms with Gasteiger partial charge in [0.05, 0.1) is 6.61 Å². The summed E-state index contributed by atoms with van der Waals surface area (Å²) in [7, 11) is 0. The number of benzene rings is 1. The first kappa shape index (κ1) is 14.6. The molecule has 4 heteroatoms. The Morgan fingerprint density at radius 3 is 2.90 bits per heavy atom. The molecule has 0 bridgehead atoms. The third-order valence-corrected chi connectivity index (χ3v) is 5.34. The van der Waals surface area contributed by atoms with Gasteiger partial charge >= 0.3 is 0 Å². The average molecular weight is 304 g/mol. The maximum atomic E-state index is 12.5. The van der Waals surface area contributed by atoms with Gasteiger partial charge in [-0.25, -0.2) is 4.99 Å². The molecule has 1 aromatic carbocycles. The highest BCUT2D eigenvalue weighted by molar-refractivity contribution is 8.02. The summed E-state index contributed by atoms with van der Waals surface area (Å²) < 4.78 is 5.48. The molecule has 0 unspecified atom stereocenters. The molecule has 1 aliphatic heterocycles. The standard InChI is InChI=1S/C17H21NO2S/c1-2-20-13-8-9-15-14(10-13)17(19)16(21-15)11-18-12-6-4-3-5-7-12/h8-12,16H,2-7H2,1H3/p+1/t16-/m0/s1. The fraction of sp³-hybridized carbons (Fsp3) is 0.529. The van der Waals surface area contributed by atoms with E-state index in [-0.39, 0.29) is 11.0 Å². The van der Waals surface area contributed by atoms with Crippen molar-refractivity contribution in [2.24, 2.45) is 0 Å². The van der Waals surface area contributed by atoms with E-state index in [0.717, 1.165) is 16.2 Å². The van der Waals surface area contributed by atoms with Gasteiger partial charge in [0.2, 0.25) is 0 Å². The zero-order valence-electron chi connectivity index (χ0n) is 12.4. The van der Waals surface area contributed by atoms with Crippen LogP contribution in [0.4, 0.5) is 0 Å². The molecule has 1 fully saturated rings. The number of carbonyl (C=O) groups is 1. The van der Waals surface area contributed by atoms with Crippen molar-refractivity contribution < 1.29 is 14.5 Å². The van der Waals surface area contributed by atoms with Gasteiger partial charge in [-0.3, -0.25) is 4.79 Å². The smallest absolute Gasteiger partial charge is 0.187 e. The summed E-state index contributed by atoms with van der Waals surface area (Å²) >= 11 is 1.64. The van der Waals surface area contributed by atoms with Crippen LogP contribution < -0.4 is 9.73 Å². The van der Waals surface area contributed by atoms with Gasteiger partial charge in [-0.2, -0.15) is 0 Å².